The first-order valence-corrected chi connectivity index (χ1v) is 9.54. The van der Waals surface area contributed by atoms with Gasteiger partial charge in [0.2, 0.25) is 5.91 Å². The zero-order valence-corrected chi connectivity index (χ0v) is 15.6. The summed E-state index contributed by atoms with van der Waals surface area (Å²) in [6, 6.07) is 20.6. The third kappa shape index (κ3) is 7.13. The Labute approximate surface area is 152 Å². The molecule has 0 saturated heterocycles. The molecule has 2 heteroatoms. The second kappa shape index (κ2) is 10.7. The monoisotopic (exact) mass is 337 g/mol. The van der Waals surface area contributed by atoms with E-state index in [2.05, 4.69) is 43.4 Å². The van der Waals surface area contributed by atoms with Crippen LogP contribution in [0.25, 0.3) is 0 Å². The van der Waals surface area contributed by atoms with Crippen molar-refractivity contribution in [2.45, 2.75) is 46.0 Å². The molecular formula is C23H31NO. The van der Waals surface area contributed by atoms with Gasteiger partial charge >= 0.3 is 0 Å². The number of carbonyl (C=O) groups is 1. The Kier molecular flexibility index (Phi) is 8.24. The normalized spacial score (nSPS) is 12.1. The average molecular weight is 338 g/mol. The summed E-state index contributed by atoms with van der Waals surface area (Å²) in [6.07, 6.45) is 5.19. The highest BCUT2D eigenvalue weighted by Gasteiger charge is 2.20. The standard InChI is InChI=1S/C23H31NO/c1-3-4-11-19(2)18-24-23(25)22(16-20-12-7-5-8-13-20)17-21-14-9-6-10-15-21/h5-10,12-15,19,22H,3-4,11,16-18H2,1-2H3,(H,24,25)/t19-/m0/s1. The van der Waals surface area contributed by atoms with Gasteiger partial charge in [-0.15, -0.1) is 0 Å². The topological polar surface area (TPSA) is 29.1 Å². The summed E-state index contributed by atoms with van der Waals surface area (Å²) >= 11 is 0. The molecule has 1 N–H and O–H groups in total. The third-order valence-electron chi connectivity index (χ3n) is 4.70. The number of rotatable bonds is 10. The number of benzene rings is 2. The summed E-state index contributed by atoms with van der Waals surface area (Å²) in [5.74, 6) is 0.692. The largest absolute Gasteiger partial charge is 0.356 e. The van der Waals surface area contributed by atoms with E-state index in [-0.39, 0.29) is 11.8 Å². The lowest BCUT2D eigenvalue weighted by Crippen LogP contribution is -2.36. The molecule has 0 aliphatic carbocycles. The molecule has 0 radical (unpaired) electrons. The quantitative estimate of drug-likeness (QED) is 0.647. The molecule has 134 valence electrons. The highest BCUT2D eigenvalue weighted by Crippen LogP contribution is 2.16. The molecule has 25 heavy (non-hydrogen) atoms. The predicted octanol–water partition coefficient (Wildman–Crippen LogP) is 5.03. The van der Waals surface area contributed by atoms with Crippen molar-refractivity contribution >= 4 is 5.91 Å². The van der Waals surface area contributed by atoms with Crippen LogP contribution in [0.5, 0.6) is 0 Å². The van der Waals surface area contributed by atoms with E-state index in [1.54, 1.807) is 0 Å². The average Bonchev–Trinajstić information content (AvgIpc) is 2.65. The van der Waals surface area contributed by atoms with Gasteiger partial charge in [-0.1, -0.05) is 87.4 Å². The van der Waals surface area contributed by atoms with E-state index in [0.29, 0.717) is 5.92 Å². The summed E-state index contributed by atoms with van der Waals surface area (Å²) in [7, 11) is 0. The van der Waals surface area contributed by atoms with Crippen LogP contribution < -0.4 is 5.32 Å². The molecule has 0 aliphatic rings. The van der Waals surface area contributed by atoms with Gasteiger partial charge in [-0.05, 0) is 36.3 Å². The molecule has 0 spiro atoms. The smallest absolute Gasteiger partial charge is 0.223 e. The Morgan fingerprint density at radius 3 is 1.92 bits per heavy atom. The molecule has 0 heterocycles. The highest BCUT2D eigenvalue weighted by atomic mass is 16.1. The summed E-state index contributed by atoms with van der Waals surface area (Å²) in [5, 5.41) is 3.19. The van der Waals surface area contributed by atoms with Crippen LogP contribution in [-0.4, -0.2) is 12.5 Å². The van der Waals surface area contributed by atoms with Crippen molar-refractivity contribution < 1.29 is 4.79 Å². The van der Waals surface area contributed by atoms with Crippen LogP contribution >= 0.6 is 0 Å². The fraction of sp³-hybridized carbons (Fsp3) is 0.435. The molecule has 0 fully saturated rings. The van der Waals surface area contributed by atoms with Gasteiger partial charge in [0.15, 0.2) is 0 Å². The van der Waals surface area contributed by atoms with Crippen molar-refractivity contribution in [3.63, 3.8) is 0 Å². The SMILES string of the molecule is CCCC[C@H](C)CNC(=O)C(Cc1ccccc1)Cc1ccccc1. The highest BCUT2D eigenvalue weighted by molar-refractivity contribution is 5.79. The van der Waals surface area contributed by atoms with Gasteiger partial charge in [0.05, 0.1) is 0 Å². The van der Waals surface area contributed by atoms with Crippen LogP contribution in [0.2, 0.25) is 0 Å². The van der Waals surface area contributed by atoms with Crippen LogP contribution in [-0.2, 0) is 17.6 Å². The van der Waals surface area contributed by atoms with E-state index in [9.17, 15) is 4.79 Å². The Hall–Kier alpha value is -2.09. The van der Waals surface area contributed by atoms with Crippen molar-refractivity contribution in [2.24, 2.45) is 11.8 Å². The molecule has 2 nitrogen and oxygen atoms in total. The summed E-state index contributed by atoms with van der Waals surface area (Å²) in [4.78, 5) is 12.8. The van der Waals surface area contributed by atoms with Crippen molar-refractivity contribution in [2.75, 3.05) is 6.54 Å². The first-order chi connectivity index (χ1) is 12.2. The van der Waals surface area contributed by atoms with Crippen molar-refractivity contribution in [3.05, 3.63) is 71.8 Å². The third-order valence-corrected chi connectivity index (χ3v) is 4.70. The molecule has 0 bridgehead atoms. The van der Waals surface area contributed by atoms with Crippen molar-refractivity contribution in [3.8, 4) is 0 Å². The van der Waals surface area contributed by atoms with E-state index in [1.807, 2.05) is 36.4 Å². The summed E-state index contributed by atoms with van der Waals surface area (Å²) in [6.45, 7) is 5.21. The number of hydrogen-bond acceptors (Lipinski definition) is 1. The van der Waals surface area contributed by atoms with Crippen LogP contribution in [0.4, 0.5) is 0 Å². The van der Waals surface area contributed by atoms with Crippen LogP contribution in [0, 0.1) is 11.8 Å². The van der Waals surface area contributed by atoms with E-state index < -0.39 is 0 Å². The number of unbranched alkanes of at least 4 members (excludes halogenated alkanes) is 1. The number of amides is 1. The lowest BCUT2D eigenvalue weighted by atomic mass is 9.91. The van der Waals surface area contributed by atoms with E-state index in [1.165, 1.54) is 30.4 Å². The van der Waals surface area contributed by atoms with Gasteiger partial charge in [0, 0.05) is 12.5 Å². The minimum absolute atomic E-state index is 0.0248. The van der Waals surface area contributed by atoms with Crippen LogP contribution in [0.15, 0.2) is 60.7 Å². The molecule has 0 aliphatic heterocycles. The Morgan fingerprint density at radius 1 is 0.920 bits per heavy atom. The minimum atomic E-state index is -0.0248. The minimum Gasteiger partial charge on any atom is -0.356 e. The molecule has 0 aromatic heterocycles. The summed E-state index contributed by atoms with van der Waals surface area (Å²) < 4.78 is 0. The van der Waals surface area contributed by atoms with E-state index in [0.717, 1.165) is 19.4 Å². The van der Waals surface area contributed by atoms with Crippen molar-refractivity contribution in [1.29, 1.82) is 0 Å². The molecule has 2 aromatic rings. The molecule has 0 saturated carbocycles. The Bertz CT molecular complexity index is 567. The van der Waals surface area contributed by atoms with Crippen LogP contribution in [0.3, 0.4) is 0 Å². The molecule has 1 atom stereocenters. The second-order valence-electron chi connectivity index (χ2n) is 7.07. The zero-order chi connectivity index (χ0) is 17.9. The first kappa shape index (κ1) is 19.2. The number of hydrogen-bond donors (Lipinski definition) is 1. The second-order valence-corrected chi connectivity index (χ2v) is 7.07. The molecule has 0 unspecified atom stereocenters. The van der Waals surface area contributed by atoms with Gasteiger partial charge in [-0.3, -0.25) is 4.79 Å². The Balaban J connectivity index is 1.98. The lowest BCUT2D eigenvalue weighted by molar-refractivity contribution is -0.125. The number of carbonyl (C=O) groups excluding carboxylic acids is 1. The van der Waals surface area contributed by atoms with E-state index >= 15 is 0 Å². The Morgan fingerprint density at radius 2 is 1.44 bits per heavy atom. The lowest BCUT2D eigenvalue weighted by Gasteiger charge is -2.19. The maximum absolute atomic E-state index is 12.8. The molecule has 2 rings (SSSR count). The fourth-order valence-corrected chi connectivity index (χ4v) is 3.13. The van der Waals surface area contributed by atoms with Gasteiger partial charge in [-0.25, -0.2) is 0 Å². The van der Waals surface area contributed by atoms with Crippen LogP contribution in [0.1, 0.15) is 44.2 Å². The summed E-state index contributed by atoms with van der Waals surface area (Å²) in [5.41, 5.74) is 2.44. The zero-order valence-electron chi connectivity index (χ0n) is 15.6. The predicted molar refractivity (Wildman–Crippen MR) is 105 cm³/mol. The maximum Gasteiger partial charge on any atom is 0.223 e. The van der Waals surface area contributed by atoms with Crippen molar-refractivity contribution in [1.82, 2.24) is 5.32 Å². The van der Waals surface area contributed by atoms with Gasteiger partial charge < -0.3 is 5.32 Å². The number of nitrogens with one attached hydrogen (secondary N) is 1. The molecule has 2 aromatic carbocycles. The molecular weight excluding hydrogens is 306 g/mol. The van der Waals surface area contributed by atoms with Gasteiger partial charge in [-0.2, -0.15) is 0 Å². The fourth-order valence-electron chi connectivity index (χ4n) is 3.13. The maximum atomic E-state index is 12.8. The first-order valence-electron chi connectivity index (χ1n) is 9.54. The van der Waals surface area contributed by atoms with E-state index in [4.69, 9.17) is 0 Å². The van der Waals surface area contributed by atoms with Gasteiger partial charge in [0.25, 0.3) is 0 Å². The van der Waals surface area contributed by atoms with Gasteiger partial charge in [0.1, 0.15) is 0 Å². The molecule has 1 amide bonds.